The first kappa shape index (κ1) is 9.69. The molecule has 0 radical (unpaired) electrons. The summed E-state index contributed by atoms with van der Waals surface area (Å²) in [4.78, 5) is 0. The SMILES string of the molecule is CC1C=CC2=C(C=C1)CN(C)N(C)C2. The van der Waals surface area contributed by atoms with Crippen molar-refractivity contribution in [2.45, 2.75) is 6.92 Å². The van der Waals surface area contributed by atoms with Crippen LogP contribution in [-0.4, -0.2) is 37.2 Å². The normalized spacial score (nSPS) is 25.4. The van der Waals surface area contributed by atoms with E-state index in [0.29, 0.717) is 5.92 Å². The van der Waals surface area contributed by atoms with E-state index in [2.05, 4.69) is 55.3 Å². The summed E-state index contributed by atoms with van der Waals surface area (Å²) in [5, 5.41) is 4.51. The van der Waals surface area contributed by atoms with Crippen molar-refractivity contribution in [3.8, 4) is 0 Å². The highest BCUT2D eigenvalue weighted by Gasteiger charge is 2.18. The van der Waals surface area contributed by atoms with Crippen molar-refractivity contribution in [3.05, 3.63) is 35.5 Å². The van der Waals surface area contributed by atoms with E-state index in [0.717, 1.165) is 13.1 Å². The van der Waals surface area contributed by atoms with Crippen LogP contribution in [0.3, 0.4) is 0 Å². The number of allylic oxidation sites excluding steroid dienone is 2. The highest BCUT2D eigenvalue weighted by molar-refractivity contribution is 5.39. The van der Waals surface area contributed by atoms with Crippen molar-refractivity contribution < 1.29 is 0 Å². The van der Waals surface area contributed by atoms with Gasteiger partial charge < -0.3 is 0 Å². The second-order valence-corrected chi connectivity index (χ2v) is 4.26. The molecule has 2 nitrogen and oxygen atoms in total. The third-order valence-corrected chi connectivity index (χ3v) is 3.00. The largest absolute Gasteiger partial charge is 0.240 e. The Morgan fingerprint density at radius 1 is 1.00 bits per heavy atom. The lowest BCUT2D eigenvalue weighted by Crippen LogP contribution is -2.42. The Morgan fingerprint density at radius 3 is 1.86 bits per heavy atom. The Morgan fingerprint density at radius 2 is 1.43 bits per heavy atom. The van der Waals surface area contributed by atoms with E-state index in [1.54, 1.807) is 0 Å². The zero-order valence-corrected chi connectivity index (χ0v) is 9.20. The molecule has 2 aliphatic rings. The van der Waals surface area contributed by atoms with Crippen molar-refractivity contribution in [2.75, 3.05) is 27.2 Å². The van der Waals surface area contributed by atoms with Gasteiger partial charge in [-0.15, -0.1) is 0 Å². The Balaban J connectivity index is 2.28. The Bertz CT molecular complexity index is 282. The summed E-state index contributed by atoms with van der Waals surface area (Å²) in [5.74, 6) is 0.566. The van der Waals surface area contributed by atoms with Crippen LogP contribution in [0.5, 0.6) is 0 Å². The second kappa shape index (κ2) is 3.71. The van der Waals surface area contributed by atoms with Crippen molar-refractivity contribution >= 4 is 0 Å². The molecule has 1 aliphatic carbocycles. The molecular formula is C12H18N2. The summed E-state index contributed by atoms with van der Waals surface area (Å²) in [6.45, 7) is 4.28. The van der Waals surface area contributed by atoms with E-state index < -0.39 is 0 Å². The molecule has 0 saturated carbocycles. The van der Waals surface area contributed by atoms with Crippen LogP contribution in [0.25, 0.3) is 0 Å². The minimum absolute atomic E-state index is 0.566. The molecule has 2 heteroatoms. The summed E-state index contributed by atoms with van der Waals surface area (Å²) in [5.41, 5.74) is 2.93. The molecule has 14 heavy (non-hydrogen) atoms. The summed E-state index contributed by atoms with van der Waals surface area (Å²) in [7, 11) is 4.27. The first-order valence-corrected chi connectivity index (χ1v) is 5.17. The molecule has 0 unspecified atom stereocenters. The third kappa shape index (κ3) is 1.81. The first-order chi connectivity index (χ1) is 6.66. The molecule has 1 heterocycles. The molecule has 0 saturated heterocycles. The van der Waals surface area contributed by atoms with Crippen LogP contribution < -0.4 is 0 Å². The molecule has 76 valence electrons. The Hall–Kier alpha value is -0.860. The average molecular weight is 190 g/mol. The van der Waals surface area contributed by atoms with Gasteiger partial charge in [-0.3, -0.25) is 0 Å². The van der Waals surface area contributed by atoms with E-state index in [-0.39, 0.29) is 0 Å². The average Bonchev–Trinajstić information content (AvgIpc) is 2.31. The lowest BCUT2D eigenvalue weighted by atomic mass is 10.1. The van der Waals surface area contributed by atoms with Gasteiger partial charge in [0, 0.05) is 27.2 Å². The van der Waals surface area contributed by atoms with Gasteiger partial charge in [-0.05, 0) is 17.1 Å². The van der Waals surface area contributed by atoms with Crippen LogP contribution in [-0.2, 0) is 0 Å². The van der Waals surface area contributed by atoms with Crippen LogP contribution in [0, 0.1) is 5.92 Å². The van der Waals surface area contributed by atoms with E-state index >= 15 is 0 Å². The van der Waals surface area contributed by atoms with E-state index in [4.69, 9.17) is 0 Å². The summed E-state index contributed by atoms with van der Waals surface area (Å²) >= 11 is 0. The third-order valence-electron chi connectivity index (χ3n) is 3.00. The van der Waals surface area contributed by atoms with Gasteiger partial charge in [-0.25, -0.2) is 10.0 Å². The molecule has 0 spiro atoms. The fourth-order valence-corrected chi connectivity index (χ4v) is 1.86. The molecule has 0 fully saturated rings. The highest BCUT2D eigenvalue weighted by atomic mass is 15.6. The van der Waals surface area contributed by atoms with Crippen LogP contribution in [0.2, 0.25) is 0 Å². The minimum Gasteiger partial charge on any atom is -0.240 e. The van der Waals surface area contributed by atoms with E-state index in [9.17, 15) is 0 Å². The van der Waals surface area contributed by atoms with Gasteiger partial charge in [0.2, 0.25) is 0 Å². The molecule has 0 aromatic rings. The molecule has 0 aromatic heterocycles. The smallest absolute Gasteiger partial charge is 0.0384 e. The maximum atomic E-state index is 2.28. The summed E-state index contributed by atoms with van der Waals surface area (Å²) in [6.07, 6.45) is 9.11. The zero-order chi connectivity index (χ0) is 10.1. The number of hydrogen-bond donors (Lipinski definition) is 0. The number of nitrogens with zero attached hydrogens (tertiary/aromatic N) is 2. The monoisotopic (exact) mass is 190 g/mol. The Labute approximate surface area is 86.2 Å². The summed E-state index contributed by atoms with van der Waals surface area (Å²) in [6, 6.07) is 0. The predicted molar refractivity (Wildman–Crippen MR) is 59.7 cm³/mol. The molecule has 0 aromatic carbocycles. The number of likely N-dealkylation sites (N-methyl/N-ethyl adjacent to an activating group) is 2. The Kier molecular flexibility index (Phi) is 2.57. The molecule has 1 aliphatic heterocycles. The van der Waals surface area contributed by atoms with Crippen molar-refractivity contribution in [1.82, 2.24) is 10.0 Å². The molecule has 0 atom stereocenters. The number of hydrogen-bond acceptors (Lipinski definition) is 2. The van der Waals surface area contributed by atoms with Gasteiger partial charge in [-0.2, -0.15) is 0 Å². The fraction of sp³-hybridized carbons (Fsp3) is 0.500. The van der Waals surface area contributed by atoms with Crippen LogP contribution in [0.4, 0.5) is 0 Å². The topological polar surface area (TPSA) is 6.48 Å². The van der Waals surface area contributed by atoms with Crippen molar-refractivity contribution in [1.29, 1.82) is 0 Å². The molecule has 0 bridgehead atoms. The van der Waals surface area contributed by atoms with E-state index in [1.165, 1.54) is 11.1 Å². The van der Waals surface area contributed by atoms with Crippen LogP contribution in [0.15, 0.2) is 35.5 Å². The zero-order valence-electron chi connectivity index (χ0n) is 9.20. The first-order valence-electron chi connectivity index (χ1n) is 5.17. The lowest BCUT2D eigenvalue weighted by molar-refractivity contribution is 0.0389. The minimum atomic E-state index is 0.566. The predicted octanol–water partition coefficient (Wildman–Crippen LogP) is 1.84. The van der Waals surface area contributed by atoms with Gasteiger partial charge in [0.05, 0.1) is 0 Å². The van der Waals surface area contributed by atoms with Gasteiger partial charge in [0.1, 0.15) is 0 Å². The summed E-state index contributed by atoms with van der Waals surface area (Å²) < 4.78 is 0. The van der Waals surface area contributed by atoms with Gasteiger partial charge >= 0.3 is 0 Å². The van der Waals surface area contributed by atoms with E-state index in [1.807, 2.05) is 0 Å². The number of rotatable bonds is 0. The van der Waals surface area contributed by atoms with Gasteiger partial charge in [0.15, 0.2) is 0 Å². The number of hydrazine groups is 1. The fourth-order valence-electron chi connectivity index (χ4n) is 1.86. The maximum absolute atomic E-state index is 2.28. The van der Waals surface area contributed by atoms with Crippen LogP contribution >= 0.6 is 0 Å². The van der Waals surface area contributed by atoms with Crippen LogP contribution in [0.1, 0.15) is 6.92 Å². The maximum Gasteiger partial charge on any atom is 0.0384 e. The lowest BCUT2D eigenvalue weighted by Gasteiger charge is -2.34. The highest BCUT2D eigenvalue weighted by Crippen LogP contribution is 2.21. The molecule has 0 amide bonds. The van der Waals surface area contributed by atoms with Gasteiger partial charge in [-0.1, -0.05) is 31.2 Å². The molecule has 0 N–H and O–H groups in total. The second-order valence-electron chi connectivity index (χ2n) is 4.26. The quantitative estimate of drug-likeness (QED) is 0.575. The molecular weight excluding hydrogens is 172 g/mol. The van der Waals surface area contributed by atoms with Crippen molar-refractivity contribution in [2.24, 2.45) is 5.92 Å². The molecule has 2 rings (SSSR count). The van der Waals surface area contributed by atoms with Gasteiger partial charge in [0.25, 0.3) is 0 Å². The standard InChI is InChI=1S/C12H18N2/c1-10-4-6-11-8-13(2)14(3)9-12(11)7-5-10/h4-7,10H,8-9H2,1-3H3. The van der Waals surface area contributed by atoms with Crippen molar-refractivity contribution in [3.63, 3.8) is 0 Å².